The van der Waals surface area contributed by atoms with Crippen LogP contribution < -0.4 is 49.0 Å². The fourth-order valence-corrected chi connectivity index (χ4v) is 6.56. The predicted octanol–water partition coefficient (Wildman–Crippen LogP) is 1.96. The number of nitrogens with one attached hydrogen (secondary N) is 6. The average Bonchev–Trinajstić information content (AvgIpc) is 3.31. The number of carbonyl (C=O) groups excluding carboxylic acids is 3. The third-order valence-electron chi connectivity index (χ3n) is 10.3. The normalized spacial score (nSPS) is 11.2. The molecule has 3 aromatic heterocycles. The van der Waals surface area contributed by atoms with Crippen LogP contribution in [0.5, 0.6) is 0 Å². The van der Waals surface area contributed by atoms with Gasteiger partial charge in [-0.1, -0.05) is 45.4 Å². The molecule has 0 radical (unpaired) electrons. The van der Waals surface area contributed by atoms with E-state index in [1.54, 1.807) is 0 Å². The summed E-state index contributed by atoms with van der Waals surface area (Å²) in [4.78, 5) is 82.6. The summed E-state index contributed by atoms with van der Waals surface area (Å²) in [7, 11) is 0. The number of nitrogens with zero attached hydrogens (tertiary/aromatic N) is 6. The van der Waals surface area contributed by atoms with Crippen LogP contribution in [0.25, 0.3) is 0 Å². The molecule has 0 saturated heterocycles. The van der Waals surface area contributed by atoms with E-state index in [0.717, 1.165) is 77.0 Å². The van der Waals surface area contributed by atoms with Crippen LogP contribution in [-0.2, 0) is 28.6 Å². The van der Waals surface area contributed by atoms with Gasteiger partial charge in [-0.15, -0.1) is 14.2 Å². The minimum absolute atomic E-state index is 0.0618. The molecule has 0 aromatic carbocycles. The van der Waals surface area contributed by atoms with Crippen molar-refractivity contribution < 1.29 is 44.2 Å². The van der Waals surface area contributed by atoms with Gasteiger partial charge in [-0.3, -0.25) is 14.4 Å². The van der Waals surface area contributed by atoms with E-state index < -0.39 is 22.5 Å². The van der Waals surface area contributed by atoms with Gasteiger partial charge in [0.05, 0.1) is 58.2 Å². The highest BCUT2D eigenvalue weighted by Gasteiger charge is 2.26. The molecule has 0 fully saturated rings. The fourth-order valence-electron chi connectivity index (χ4n) is 6.56. The highest BCUT2D eigenvalue weighted by atomic mass is 16.5. The summed E-state index contributed by atoms with van der Waals surface area (Å²) < 4.78 is 19.1. The summed E-state index contributed by atoms with van der Waals surface area (Å²) in [6.07, 6.45) is 14.8. The Hall–Kier alpha value is -6.27. The number of ether oxygens (including phenoxy) is 3. The van der Waals surface area contributed by atoms with Crippen LogP contribution >= 0.6 is 0 Å². The number of amides is 3. The van der Waals surface area contributed by atoms with E-state index in [9.17, 15) is 44.4 Å². The topological polar surface area (TPSA) is 316 Å². The third kappa shape index (κ3) is 25.6. The Bertz CT molecular complexity index is 1870. The van der Waals surface area contributed by atoms with Crippen molar-refractivity contribution in [3.63, 3.8) is 0 Å². The highest BCUT2D eigenvalue weighted by Crippen LogP contribution is 2.18. The molecule has 0 aliphatic heterocycles. The van der Waals surface area contributed by atoms with Crippen molar-refractivity contribution in [2.75, 3.05) is 94.9 Å². The van der Waals surface area contributed by atoms with Crippen molar-refractivity contribution in [3.05, 3.63) is 68.2 Å². The number of aromatic nitrogens is 6. The maximum atomic E-state index is 12.4. The van der Waals surface area contributed by atoms with Crippen LogP contribution in [-0.4, -0.2) is 141 Å². The lowest BCUT2D eigenvalue weighted by Crippen LogP contribution is -2.37. The number of unbranched alkanes of at least 4 members (excludes halogenated alkanes) is 9. The molecule has 0 aliphatic carbocycles. The first-order valence-electron chi connectivity index (χ1n) is 23.5. The number of carbonyl (C=O) groups is 3. The zero-order valence-electron chi connectivity index (χ0n) is 39.3. The van der Waals surface area contributed by atoms with Gasteiger partial charge in [0.2, 0.25) is 17.7 Å². The average molecular weight is 961 g/mol. The Morgan fingerprint density at radius 1 is 0.471 bits per heavy atom. The first-order valence-corrected chi connectivity index (χ1v) is 23.5. The Labute approximate surface area is 395 Å². The van der Waals surface area contributed by atoms with Gasteiger partial charge >= 0.3 is 17.1 Å². The first-order chi connectivity index (χ1) is 32.8. The molecule has 9 N–H and O–H groups in total. The van der Waals surface area contributed by atoms with E-state index in [1.807, 2.05) is 6.92 Å². The van der Waals surface area contributed by atoms with Crippen molar-refractivity contribution in [1.29, 1.82) is 0 Å². The second-order valence-electron chi connectivity index (χ2n) is 16.6. The monoisotopic (exact) mass is 961 g/mol. The van der Waals surface area contributed by atoms with Crippen molar-refractivity contribution in [1.82, 2.24) is 45.1 Å². The molecule has 3 heterocycles. The predicted molar refractivity (Wildman–Crippen MR) is 251 cm³/mol. The Kier molecular flexibility index (Phi) is 27.4. The van der Waals surface area contributed by atoms with E-state index >= 15 is 0 Å². The smallest absolute Gasteiger partial charge is 0.382 e. The molecule has 0 atom stereocenters. The van der Waals surface area contributed by atoms with Crippen LogP contribution in [0.1, 0.15) is 103 Å². The number of anilines is 3. The van der Waals surface area contributed by atoms with Crippen LogP contribution in [0.4, 0.5) is 17.5 Å². The SMILES string of the molecule is CC(COCCNC(=O)CCCCCCNc1ccn(O)c(=O)n1)(COCCNC(=O)CCCCCCNc1ccn(O)c(=O)n1)COCCNC(=O)CCCCCCNc1ccn(O)c(=O)n1. The summed E-state index contributed by atoms with van der Waals surface area (Å²) in [6.45, 7) is 6.53. The van der Waals surface area contributed by atoms with Gasteiger partial charge in [-0.05, 0) is 38.5 Å². The molecule has 24 heteroatoms. The third-order valence-corrected chi connectivity index (χ3v) is 10.3. The molecule has 0 saturated carbocycles. The lowest BCUT2D eigenvalue weighted by Gasteiger charge is -2.29. The maximum absolute atomic E-state index is 12.4. The molecule has 0 bridgehead atoms. The molecule has 3 amide bonds. The number of hydrogen-bond acceptors (Lipinski definition) is 18. The fraction of sp³-hybridized carbons (Fsp3) is 0.659. The van der Waals surface area contributed by atoms with Gasteiger partial charge in [0.15, 0.2) is 0 Å². The summed E-state index contributed by atoms with van der Waals surface area (Å²) >= 11 is 0. The van der Waals surface area contributed by atoms with E-state index in [2.05, 4.69) is 46.9 Å². The molecule has 380 valence electrons. The van der Waals surface area contributed by atoms with Gasteiger partial charge < -0.3 is 61.7 Å². The molecule has 68 heavy (non-hydrogen) atoms. The zero-order valence-corrected chi connectivity index (χ0v) is 39.3. The van der Waals surface area contributed by atoms with Gasteiger partial charge in [0, 0.05) is 82.1 Å². The summed E-state index contributed by atoms with van der Waals surface area (Å²) in [5.41, 5.74) is -2.81. The second-order valence-corrected chi connectivity index (χ2v) is 16.6. The zero-order chi connectivity index (χ0) is 49.2. The Morgan fingerprint density at radius 2 is 0.750 bits per heavy atom. The van der Waals surface area contributed by atoms with Gasteiger partial charge in [-0.25, -0.2) is 14.4 Å². The van der Waals surface area contributed by atoms with E-state index in [-0.39, 0.29) is 57.4 Å². The molecule has 0 spiro atoms. The minimum Gasteiger partial charge on any atom is -0.424 e. The molecule has 3 aromatic rings. The summed E-state index contributed by atoms with van der Waals surface area (Å²) in [5.74, 6) is 1.01. The molecular formula is C44H72N12O12. The molecule has 0 aliphatic rings. The number of hydrogen-bond donors (Lipinski definition) is 9. The standard InChI is InChI=1S/C44H72N12O12/c1-44(32-66-29-23-48-38(57)14-8-2-5-11-20-45-35-17-26-54(63)41(60)51-35,33-67-30-24-49-39(58)15-9-3-6-12-21-46-36-18-27-55(64)42(61)52-36)34-68-31-25-50-40(59)16-10-4-7-13-22-47-37-19-28-56(65)43(62)53-37/h17-19,26-28,63-65H,2-16,20-25,29-34H2,1H3,(H,48,57)(H,49,58)(H,50,59)(H,45,51,60)(H,46,52,61)(H,47,53,62). The van der Waals surface area contributed by atoms with Crippen molar-refractivity contribution in [2.24, 2.45) is 5.41 Å². The maximum Gasteiger partial charge on any atom is 0.382 e. The van der Waals surface area contributed by atoms with E-state index in [4.69, 9.17) is 14.2 Å². The van der Waals surface area contributed by atoms with Crippen molar-refractivity contribution in [3.8, 4) is 0 Å². The van der Waals surface area contributed by atoms with E-state index in [0.29, 0.717) is 90.2 Å². The summed E-state index contributed by atoms with van der Waals surface area (Å²) in [5, 5.41) is 45.5. The van der Waals surface area contributed by atoms with Gasteiger partial charge in [0.25, 0.3) is 0 Å². The van der Waals surface area contributed by atoms with Crippen LogP contribution in [0, 0.1) is 5.41 Å². The molecular weight excluding hydrogens is 889 g/mol. The molecule has 3 rings (SSSR count). The molecule has 24 nitrogen and oxygen atoms in total. The lowest BCUT2D eigenvalue weighted by atomic mass is 9.94. The first kappa shape index (κ1) is 56.1. The quantitative estimate of drug-likeness (QED) is 0.0292. The van der Waals surface area contributed by atoms with Crippen LogP contribution in [0.15, 0.2) is 51.2 Å². The number of rotatable bonds is 39. The highest BCUT2D eigenvalue weighted by molar-refractivity contribution is 5.76. The van der Waals surface area contributed by atoms with Crippen molar-refractivity contribution >= 4 is 35.2 Å². The van der Waals surface area contributed by atoms with E-state index in [1.165, 1.54) is 36.8 Å². The van der Waals surface area contributed by atoms with Gasteiger partial charge in [-0.2, -0.15) is 15.0 Å². The minimum atomic E-state index is -0.751. The lowest BCUT2D eigenvalue weighted by molar-refractivity contribution is -0.122. The molecule has 0 unspecified atom stereocenters. The largest absolute Gasteiger partial charge is 0.424 e. The van der Waals surface area contributed by atoms with Crippen LogP contribution in [0.3, 0.4) is 0 Å². The van der Waals surface area contributed by atoms with Crippen molar-refractivity contribution in [2.45, 2.75) is 103 Å². The second kappa shape index (κ2) is 33.2. The van der Waals surface area contributed by atoms with Gasteiger partial charge in [0.1, 0.15) is 17.5 Å². The summed E-state index contributed by atoms with van der Waals surface area (Å²) in [6, 6.07) is 4.53. The van der Waals surface area contributed by atoms with Crippen LogP contribution in [0.2, 0.25) is 0 Å². The Morgan fingerprint density at radius 3 is 1.03 bits per heavy atom. The Balaban J connectivity index is 1.27.